The van der Waals surface area contributed by atoms with E-state index in [0.717, 1.165) is 5.56 Å². The molecule has 1 aromatic carbocycles. The highest BCUT2D eigenvalue weighted by atomic mass is 16.6. The van der Waals surface area contributed by atoms with E-state index in [4.69, 9.17) is 14.6 Å². The summed E-state index contributed by atoms with van der Waals surface area (Å²) < 4.78 is 9.79. The van der Waals surface area contributed by atoms with Crippen molar-refractivity contribution >= 4 is 6.09 Å². The normalized spacial score (nSPS) is 31.5. The maximum atomic E-state index is 11.7. The second-order valence-electron chi connectivity index (χ2n) is 4.96. The maximum absolute atomic E-state index is 11.7. The largest absolute Gasteiger partial charge is 0.445 e. The molecule has 2 rings (SSSR count). The average Bonchev–Trinajstić information content (AvgIpc) is 2.54. The first-order valence-electron chi connectivity index (χ1n) is 6.80. The van der Waals surface area contributed by atoms with Gasteiger partial charge < -0.3 is 35.2 Å². The molecule has 0 saturated carbocycles. The van der Waals surface area contributed by atoms with Crippen molar-refractivity contribution < 1.29 is 34.7 Å². The smallest absolute Gasteiger partial charge is 0.407 e. The third-order valence-electron chi connectivity index (χ3n) is 3.40. The lowest BCUT2D eigenvalue weighted by Gasteiger charge is -2.40. The zero-order valence-corrected chi connectivity index (χ0v) is 11.7. The monoisotopic (exact) mass is 313 g/mol. The van der Waals surface area contributed by atoms with Crippen molar-refractivity contribution in [2.75, 3.05) is 6.61 Å². The first kappa shape index (κ1) is 16.7. The highest BCUT2D eigenvalue weighted by Crippen LogP contribution is 2.19. The quantitative estimate of drug-likeness (QED) is 0.468. The summed E-state index contributed by atoms with van der Waals surface area (Å²) in [6.45, 7) is -0.545. The predicted octanol–water partition coefficient (Wildman–Crippen LogP) is -1.29. The van der Waals surface area contributed by atoms with Gasteiger partial charge in [0.1, 0.15) is 24.9 Å². The molecular weight excluding hydrogens is 294 g/mol. The Morgan fingerprint density at radius 3 is 2.50 bits per heavy atom. The molecule has 0 spiro atoms. The van der Waals surface area contributed by atoms with Crippen LogP contribution >= 0.6 is 0 Å². The van der Waals surface area contributed by atoms with Crippen LogP contribution in [0.3, 0.4) is 0 Å². The standard InChI is InChI=1S/C14H19NO7/c16-6-9-11(17)10(12(18)13(19)22-9)15-14(20)21-7-8-4-2-1-3-5-8/h1-5,9-13,16-19H,6-7H2,(H,15,20)/t9-,10+,11+,12+,13+/m0/s1. The van der Waals surface area contributed by atoms with Crippen molar-refractivity contribution in [1.29, 1.82) is 0 Å². The fourth-order valence-electron chi connectivity index (χ4n) is 2.17. The summed E-state index contributed by atoms with van der Waals surface area (Å²) in [5.74, 6) is 0. The molecule has 0 bridgehead atoms. The van der Waals surface area contributed by atoms with Gasteiger partial charge in [0.25, 0.3) is 0 Å². The number of amides is 1. The Labute approximate surface area is 126 Å². The average molecular weight is 313 g/mol. The van der Waals surface area contributed by atoms with Gasteiger partial charge in [-0.2, -0.15) is 0 Å². The lowest BCUT2D eigenvalue weighted by molar-refractivity contribution is -0.261. The van der Waals surface area contributed by atoms with Gasteiger partial charge in [-0.05, 0) is 5.56 Å². The number of hydrogen-bond donors (Lipinski definition) is 5. The lowest BCUT2D eigenvalue weighted by atomic mass is 9.96. The number of hydrogen-bond acceptors (Lipinski definition) is 7. The van der Waals surface area contributed by atoms with Crippen LogP contribution in [0.5, 0.6) is 0 Å². The van der Waals surface area contributed by atoms with Crippen molar-refractivity contribution in [3.05, 3.63) is 35.9 Å². The van der Waals surface area contributed by atoms with Crippen LogP contribution in [0.15, 0.2) is 30.3 Å². The number of alkyl carbamates (subject to hydrolysis) is 1. The molecule has 5 N–H and O–H groups in total. The Hall–Kier alpha value is -1.71. The van der Waals surface area contributed by atoms with E-state index >= 15 is 0 Å². The van der Waals surface area contributed by atoms with Gasteiger partial charge in [0.15, 0.2) is 6.29 Å². The summed E-state index contributed by atoms with van der Waals surface area (Å²) in [7, 11) is 0. The van der Waals surface area contributed by atoms with E-state index in [1.807, 2.05) is 6.07 Å². The predicted molar refractivity (Wildman–Crippen MR) is 73.5 cm³/mol. The van der Waals surface area contributed by atoms with Crippen LogP contribution in [-0.2, 0) is 16.1 Å². The van der Waals surface area contributed by atoms with Gasteiger partial charge in [-0.3, -0.25) is 0 Å². The van der Waals surface area contributed by atoms with Crippen LogP contribution in [0.4, 0.5) is 4.79 Å². The third-order valence-corrected chi connectivity index (χ3v) is 3.40. The molecule has 1 heterocycles. The zero-order chi connectivity index (χ0) is 16.1. The molecule has 8 nitrogen and oxygen atoms in total. The van der Waals surface area contributed by atoms with Gasteiger partial charge in [0, 0.05) is 0 Å². The van der Waals surface area contributed by atoms with Crippen molar-refractivity contribution in [1.82, 2.24) is 5.32 Å². The van der Waals surface area contributed by atoms with Gasteiger partial charge in [0.2, 0.25) is 0 Å². The number of nitrogens with one attached hydrogen (secondary N) is 1. The van der Waals surface area contributed by atoms with Gasteiger partial charge in [-0.1, -0.05) is 30.3 Å². The highest BCUT2D eigenvalue weighted by Gasteiger charge is 2.44. The molecule has 1 aliphatic rings. The lowest BCUT2D eigenvalue weighted by Crippen LogP contribution is -2.64. The summed E-state index contributed by atoms with van der Waals surface area (Å²) in [5.41, 5.74) is 0.777. The van der Waals surface area contributed by atoms with E-state index in [2.05, 4.69) is 5.32 Å². The van der Waals surface area contributed by atoms with E-state index in [-0.39, 0.29) is 6.61 Å². The second-order valence-corrected chi connectivity index (χ2v) is 4.96. The Morgan fingerprint density at radius 2 is 1.86 bits per heavy atom. The summed E-state index contributed by atoms with van der Waals surface area (Å²) in [5, 5.41) is 40.5. The van der Waals surface area contributed by atoms with Crippen LogP contribution in [0.25, 0.3) is 0 Å². The Morgan fingerprint density at radius 1 is 1.18 bits per heavy atom. The fraction of sp³-hybridized carbons (Fsp3) is 0.500. The highest BCUT2D eigenvalue weighted by molar-refractivity contribution is 5.67. The first-order valence-corrected chi connectivity index (χ1v) is 6.80. The van der Waals surface area contributed by atoms with Crippen molar-refractivity contribution in [2.24, 2.45) is 0 Å². The molecule has 0 radical (unpaired) electrons. The van der Waals surface area contributed by atoms with Gasteiger partial charge in [-0.15, -0.1) is 0 Å². The number of carbonyl (C=O) groups excluding carboxylic acids is 1. The van der Waals surface area contributed by atoms with E-state index in [1.54, 1.807) is 24.3 Å². The minimum Gasteiger partial charge on any atom is -0.445 e. The molecule has 0 aromatic heterocycles. The van der Waals surface area contributed by atoms with Crippen LogP contribution in [0, 0.1) is 0 Å². The second kappa shape index (κ2) is 7.52. The minimum atomic E-state index is -1.63. The first-order chi connectivity index (χ1) is 10.5. The molecule has 0 aliphatic carbocycles. The molecule has 22 heavy (non-hydrogen) atoms. The Kier molecular flexibility index (Phi) is 5.69. The van der Waals surface area contributed by atoms with Crippen LogP contribution in [0.1, 0.15) is 5.56 Å². The van der Waals surface area contributed by atoms with E-state index in [0.29, 0.717) is 0 Å². The van der Waals surface area contributed by atoms with Crippen molar-refractivity contribution in [3.8, 4) is 0 Å². The van der Waals surface area contributed by atoms with E-state index in [1.165, 1.54) is 0 Å². The molecule has 122 valence electrons. The summed E-state index contributed by atoms with van der Waals surface area (Å²) in [4.78, 5) is 11.7. The number of benzene rings is 1. The molecule has 0 unspecified atom stereocenters. The molecular formula is C14H19NO7. The number of aliphatic hydroxyl groups is 4. The van der Waals surface area contributed by atoms with E-state index < -0.39 is 43.3 Å². The van der Waals surface area contributed by atoms with Crippen molar-refractivity contribution in [2.45, 2.75) is 37.3 Å². The van der Waals surface area contributed by atoms with Gasteiger partial charge in [0.05, 0.1) is 12.6 Å². The molecule has 1 fully saturated rings. The molecule has 8 heteroatoms. The number of rotatable bonds is 4. The minimum absolute atomic E-state index is 0.0219. The maximum Gasteiger partial charge on any atom is 0.407 e. The SMILES string of the molecule is O=C(N[C@H]1[C@@H](O)[C@H](O)O[C@@H](CO)[C@H]1O)OCc1ccccc1. The molecule has 1 aliphatic heterocycles. The Balaban J connectivity index is 1.91. The summed E-state index contributed by atoms with van der Waals surface area (Å²) in [6, 6.07) is 7.75. The van der Waals surface area contributed by atoms with Crippen LogP contribution in [-0.4, -0.2) is 63.8 Å². The van der Waals surface area contributed by atoms with Gasteiger partial charge >= 0.3 is 6.09 Å². The third kappa shape index (κ3) is 3.93. The Bertz CT molecular complexity index is 483. The zero-order valence-electron chi connectivity index (χ0n) is 11.7. The topological polar surface area (TPSA) is 128 Å². The van der Waals surface area contributed by atoms with E-state index in [9.17, 15) is 20.1 Å². The van der Waals surface area contributed by atoms with Gasteiger partial charge in [-0.25, -0.2) is 4.79 Å². The number of carbonyl (C=O) groups is 1. The van der Waals surface area contributed by atoms with Crippen molar-refractivity contribution in [3.63, 3.8) is 0 Å². The molecule has 5 atom stereocenters. The molecule has 1 saturated heterocycles. The fourth-order valence-corrected chi connectivity index (χ4v) is 2.17. The van der Waals surface area contributed by atoms with Crippen LogP contribution in [0.2, 0.25) is 0 Å². The summed E-state index contributed by atoms with van der Waals surface area (Å²) in [6.07, 6.45) is -6.52. The molecule has 1 amide bonds. The van der Waals surface area contributed by atoms with Crippen LogP contribution < -0.4 is 5.32 Å². The molecule has 1 aromatic rings. The number of aliphatic hydroxyl groups excluding tert-OH is 4. The summed E-state index contributed by atoms with van der Waals surface area (Å²) >= 11 is 0. The number of ether oxygens (including phenoxy) is 2.